The molecule has 0 aliphatic carbocycles. The molecule has 0 spiro atoms. The highest BCUT2D eigenvalue weighted by atomic mass is 19.4. The van der Waals surface area contributed by atoms with Crippen LogP contribution in [0, 0.1) is 24.7 Å². The van der Waals surface area contributed by atoms with Crippen LogP contribution in [0.4, 0.5) is 26.3 Å². The minimum Gasteiger partial charge on any atom is -0.397 e. The average molecular weight is 455 g/mol. The molecule has 32 heavy (non-hydrogen) atoms. The van der Waals surface area contributed by atoms with Gasteiger partial charge in [-0.05, 0) is 60.4 Å². The maximum absolute atomic E-state index is 12.7. The molecule has 2 rings (SSSR count). The van der Waals surface area contributed by atoms with Crippen LogP contribution >= 0.6 is 0 Å². The zero-order valence-corrected chi connectivity index (χ0v) is 16.9. The highest BCUT2D eigenvalue weighted by Gasteiger charge is 2.34. The molecule has 170 valence electrons. The number of pyridine rings is 1. The van der Waals surface area contributed by atoms with E-state index >= 15 is 0 Å². The second-order valence-corrected chi connectivity index (χ2v) is 6.92. The molecule has 0 saturated carbocycles. The average Bonchev–Trinajstić information content (AvgIpc) is 2.66. The van der Waals surface area contributed by atoms with Crippen molar-refractivity contribution in [3.05, 3.63) is 65.0 Å². The van der Waals surface area contributed by atoms with Gasteiger partial charge in [0, 0.05) is 0 Å². The molecule has 1 aromatic heterocycles. The second-order valence-electron chi connectivity index (χ2n) is 6.92. The molecule has 0 unspecified atom stereocenters. The predicted molar refractivity (Wildman–Crippen MR) is 111 cm³/mol. The summed E-state index contributed by atoms with van der Waals surface area (Å²) in [5.74, 6) is 0. The van der Waals surface area contributed by atoms with Gasteiger partial charge in [0.2, 0.25) is 0 Å². The molecule has 0 radical (unpaired) electrons. The lowest BCUT2D eigenvalue weighted by Gasteiger charge is -2.14. The van der Waals surface area contributed by atoms with Crippen molar-refractivity contribution >= 4 is 22.8 Å². The molecular weight excluding hydrogens is 436 g/mol. The van der Waals surface area contributed by atoms with Crippen molar-refractivity contribution in [2.75, 3.05) is 0 Å². The van der Waals surface area contributed by atoms with Gasteiger partial charge in [-0.2, -0.15) is 26.3 Å². The van der Waals surface area contributed by atoms with E-state index in [9.17, 15) is 26.3 Å². The number of nitrogens with zero attached hydrogens (tertiary/aromatic N) is 1. The lowest BCUT2D eigenvalue weighted by atomic mass is 9.94. The van der Waals surface area contributed by atoms with Crippen LogP contribution in [0.25, 0.3) is 22.5 Å². The van der Waals surface area contributed by atoms with Crippen LogP contribution in [-0.2, 0) is 0 Å². The third-order valence-electron chi connectivity index (χ3n) is 4.40. The van der Waals surface area contributed by atoms with Gasteiger partial charge in [0.15, 0.2) is 0 Å². The zero-order chi connectivity index (χ0) is 24.4. The van der Waals surface area contributed by atoms with Crippen molar-refractivity contribution in [1.82, 2.24) is 4.98 Å². The Morgan fingerprint density at radius 2 is 1.19 bits per heavy atom. The Morgan fingerprint density at radius 1 is 0.812 bits per heavy atom. The van der Waals surface area contributed by atoms with Crippen LogP contribution in [0.5, 0.6) is 0 Å². The molecule has 0 saturated heterocycles. The van der Waals surface area contributed by atoms with E-state index in [0.29, 0.717) is 23.3 Å². The van der Waals surface area contributed by atoms with Crippen LogP contribution < -0.4 is 11.5 Å². The molecule has 0 atom stereocenters. The summed E-state index contributed by atoms with van der Waals surface area (Å²) in [5, 5.41) is 14.2. The summed E-state index contributed by atoms with van der Waals surface area (Å²) in [6.45, 7) is 3.55. The number of hydrogen-bond donors (Lipinski definition) is 4. The summed E-state index contributed by atoms with van der Waals surface area (Å²) in [6.07, 6.45) is -9.17. The summed E-state index contributed by atoms with van der Waals surface area (Å²) in [4.78, 5) is 3.97. The van der Waals surface area contributed by atoms with Crippen molar-refractivity contribution in [3.63, 3.8) is 0 Å². The number of rotatable bonds is 5. The predicted octanol–water partition coefficient (Wildman–Crippen LogP) is 5.13. The van der Waals surface area contributed by atoms with Crippen LogP contribution in [0.15, 0.2) is 42.5 Å². The van der Waals surface area contributed by atoms with Gasteiger partial charge in [-0.3, -0.25) is 10.8 Å². The molecule has 0 aliphatic rings. The molecule has 6 N–H and O–H groups in total. The van der Waals surface area contributed by atoms with Gasteiger partial charge in [0.1, 0.15) is 11.4 Å². The number of hydrogen-bond acceptors (Lipinski definition) is 5. The fourth-order valence-electron chi connectivity index (χ4n) is 2.86. The third kappa shape index (κ3) is 5.74. The highest BCUT2D eigenvalue weighted by Crippen LogP contribution is 2.30. The van der Waals surface area contributed by atoms with E-state index in [0.717, 1.165) is 11.1 Å². The van der Waals surface area contributed by atoms with Crippen LogP contribution in [0.1, 0.15) is 22.5 Å². The summed E-state index contributed by atoms with van der Waals surface area (Å²) in [6, 6.07) is 8.06. The number of nitrogens with one attached hydrogen (secondary N) is 2. The summed E-state index contributed by atoms with van der Waals surface area (Å²) < 4.78 is 76.4. The number of allylic oxidation sites excluding steroid dienone is 2. The van der Waals surface area contributed by atoms with Crippen molar-refractivity contribution in [2.45, 2.75) is 26.2 Å². The van der Waals surface area contributed by atoms with E-state index in [2.05, 4.69) is 4.98 Å². The Kier molecular flexibility index (Phi) is 6.82. The molecule has 0 fully saturated rings. The monoisotopic (exact) mass is 455 g/mol. The van der Waals surface area contributed by atoms with E-state index in [4.69, 9.17) is 22.3 Å². The SMILES string of the molecule is Cc1cccc(C)c1-c1cc(/C(N)=C/C(=N)C(F)(F)F)nc(/C(N)=C/C(=N)C(F)(F)F)c1. The Bertz CT molecular complexity index is 1050. The first-order valence-electron chi connectivity index (χ1n) is 8.96. The van der Waals surface area contributed by atoms with Crippen LogP contribution in [0.2, 0.25) is 0 Å². The summed E-state index contributed by atoms with van der Waals surface area (Å²) >= 11 is 0. The largest absolute Gasteiger partial charge is 0.432 e. The standard InChI is InChI=1S/C21H19F6N5/c1-10-4-3-5-11(2)19(10)12-6-15(13(28)8-17(30)20(22,23)24)32-16(7-12)14(29)9-18(31)21(25,26)27/h3-9,30-31H,28-29H2,1-2H3/b13-8-,14-9-,30-17?,31-18?. The molecule has 0 aliphatic heterocycles. The Balaban J connectivity index is 2.74. The van der Waals surface area contributed by atoms with Crippen molar-refractivity contribution in [1.29, 1.82) is 10.8 Å². The number of benzene rings is 1. The maximum atomic E-state index is 12.7. The maximum Gasteiger partial charge on any atom is 0.432 e. The summed E-state index contributed by atoms with van der Waals surface area (Å²) in [7, 11) is 0. The van der Waals surface area contributed by atoms with E-state index in [1.54, 1.807) is 32.0 Å². The lowest BCUT2D eigenvalue weighted by Crippen LogP contribution is -2.21. The molecule has 11 heteroatoms. The molecule has 2 aromatic rings. The number of aryl methyl sites for hydroxylation is 2. The number of aromatic nitrogens is 1. The van der Waals surface area contributed by atoms with Gasteiger partial charge in [0.25, 0.3) is 0 Å². The second kappa shape index (κ2) is 8.85. The number of halogens is 6. The Labute approximate surface area is 179 Å². The first-order valence-corrected chi connectivity index (χ1v) is 8.96. The van der Waals surface area contributed by atoms with Gasteiger partial charge < -0.3 is 11.5 Å². The van der Waals surface area contributed by atoms with Crippen molar-refractivity contribution in [3.8, 4) is 11.1 Å². The topological polar surface area (TPSA) is 113 Å². The highest BCUT2D eigenvalue weighted by molar-refractivity contribution is 6.03. The minimum absolute atomic E-state index is 0.218. The third-order valence-corrected chi connectivity index (χ3v) is 4.40. The normalized spacial score (nSPS) is 13.2. The molecule has 1 heterocycles. The molecular formula is C21H19F6N5. The fourth-order valence-corrected chi connectivity index (χ4v) is 2.86. The van der Waals surface area contributed by atoms with Crippen LogP contribution in [-0.4, -0.2) is 28.8 Å². The summed E-state index contributed by atoms with van der Waals surface area (Å²) in [5.41, 5.74) is 9.14. The van der Waals surface area contributed by atoms with Gasteiger partial charge in [0.05, 0.1) is 22.8 Å². The number of nitrogens with two attached hydrogens (primary N) is 2. The quantitative estimate of drug-likeness (QED) is 0.370. The van der Waals surface area contributed by atoms with Gasteiger partial charge >= 0.3 is 12.4 Å². The molecule has 0 bridgehead atoms. The molecule has 1 aromatic carbocycles. The van der Waals surface area contributed by atoms with Gasteiger partial charge in [-0.1, -0.05) is 18.2 Å². The van der Waals surface area contributed by atoms with E-state index in [-0.39, 0.29) is 11.4 Å². The van der Waals surface area contributed by atoms with Crippen molar-refractivity contribution in [2.24, 2.45) is 11.5 Å². The van der Waals surface area contributed by atoms with E-state index in [1.165, 1.54) is 12.1 Å². The smallest absolute Gasteiger partial charge is 0.397 e. The Morgan fingerprint density at radius 3 is 1.53 bits per heavy atom. The van der Waals surface area contributed by atoms with Gasteiger partial charge in [-0.25, -0.2) is 4.98 Å². The Hall–Kier alpha value is -3.63. The van der Waals surface area contributed by atoms with Crippen molar-refractivity contribution < 1.29 is 26.3 Å². The van der Waals surface area contributed by atoms with Gasteiger partial charge in [-0.15, -0.1) is 0 Å². The van der Waals surface area contributed by atoms with E-state index < -0.39 is 35.2 Å². The molecule has 5 nitrogen and oxygen atoms in total. The first kappa shape index (κ1) is 24.6. The minimum atomic E-state index is -4.95. The lowest BCUT2D eigenvalue weighted by molar-refractivity contribution is -0.0592. The zero-order valence-electron chi connectivity index (χ0n) is 16.9. The first-order chi connectivity index (χ1) is 14.6. The van der Waals surface area contributed by atoms with E-state index in [1.807, 2.05) is 0 Å². The van der Waals surface area contributed by atoms with Crippen LogP contribution in [0.3, 0.4) is 0 Å². The fraction of sp³-hybridized carbons (Fsp3) is 0.190. The number of alkyl halides is 6. The molecule has 0 amide bonds.